The molecule has 0 amide bonds. The molecular formula is C15H15N5. The van der Waals surface area contributed by atoms with Crippen LogP contribution < -0.4 is 5.32 Å². The van der Waals surface area contributed by atoms with E-state index in [1.807, 2.05) is 36.4 Å². The molecule has 5 heteroatoms. The van der Waals surface area contributed by atoms with Crippen molar-refractivity contribution in [3.8, 4) is 12.1 Å². The van der Waals surface area contributed by atoms with Gasteiger partial charge in [-0.05, 0) is 12.6 Å². The molecule has 0 bridgehead atoms. The zero-order valence-corrected chi connectivity index (χ0v) is 11.2. The van der Waals surface area contributed by atoms with E-state index in [-0.39, 0.29) is 0 Å². The summed E-state index contributed by atoms with van der Waals surface area (Å²) < 4.78 is 1.76. The van der Waals surface area contributed by atoms with Gasteiger partial charge in [-0.1, -0.05) is 30.3 Å². The van der Waals surface area contributed by atoms with E-state index in [0.717, 1.165) is 5.56 Å². The van der Waals surface area contributed by atoms with Crippen LogP contribution in [0, 0.1) is 22.7 Å². The van der Waals surface area contributed by atoms with Crippen LogP contribution in [0.25, 0.3) is 0 Å². The van der Waals surface area contributed by atoms with Crippen molar-refractivity contribution in [3.63, 3.8) is 0 Å². The zero-order chi connectivity index (χ0) is 14.4. The first-order chi connectivity index (χ1) is 9.75. The molecule has 1 N–H and O–H groups in total. The molecule has 2 aromatic rings. The van der Waals surface area contributed by atoms with E-state index in [9.17, 15) is 5.26 Å². The van der Waals surface area contributed by atoms with E-state index < -0.39 is 5.54 Å². The molecule has 1 aromatic heterocycles. The van der Waals surface area contributed by atoms with Crippen LogP contribution in [0.5, 0.6) is 0 Å². The second kappa shape index (κ2) is 6.01. The van der Waals surface area contributed by atoms with Gasteiger partial charge in [-0.15, -0.1) is 0 Å². The van der Waals surface area contributed by atoms with E-state index in [0.29, 0.717) is 18.8 Å². The fraction of sp³-hybridized carbons (Fsp3) is 0.267. The first kappa shape index (κ1) is 13.8. The third-order valence-electron chi connectivity index (χ3n) is 3.43. The van der Waals surface area contributed by atoms with Gasteiger partial charge in [0.15, 0.2) is 0 Å². The molecular weight excluding hydrogens is 250 g/mol. The Kier molecular flexibility index (Phi) is 4.14. The van der Waals surface area contributed by atoms with Crippen LogP contribution >= 0.6 is 0 Å². The van der Waals surface area contributed by atoms with Gasteiger partial charge in [-0.25, -0.2) is 4.98 Å². The Morgan fingerprint density at radius 2 is 2.05 bits per heavy atom. The highest BCUT2D eigenvalue weighted by Gasteiger charge is 2.30. The molecule has 2 rings (SSSR count). The van der Waals surface area contributed by atoms with Gasteiger partial charge in [-0.2, -0.15) is 10.5 Å². The van der Waals surface area contributed by atoms with Gasteiger partial charge in [0.1, 0.15) is 11.6 Å². The summed E-state index contributed by atoms with van der Waals surface area (Å²) in [4.78, 5) is 3.96. The standard InChI is InChI=1S/C15H15N5/c1-18-15(12-17,13-5-3-2-4-6-13)7-9-20-10-8-19-14(20)11-16/h2-6,8,10,18H,7,9H2,1H3. The number of hydrogen-bond donors (Lipinski definition) is 1. The molecule has 100 valence electrons. The molecule has 1 unspecified atom stereocenters. The van der Waals surface area contributed by atoms with Crippen LogP contribution in [0.4, 0.5) is 0 Å². The Hall–Kier alpha value is -2.63. The van der Waals surface area contributed by atoms with Crippen molar-refractivity contribution in [1.29, 1.82) is 10.5 Å². The van der Waals surface area contributed by atoms with Crippen LogP contribution in [0.15, 0.2) is 42.7 Å². The van der Waals surface area contributed by atoms with Crippen molar-refractivity contribution in [2.45, 2.75) is 18.5 Å². The van der Waals surface area contributed by atoms with Gasteiger partial charge in [0, 0.05) is 25.4 Å². The first-order valence-corrected chi connectivity index (χ1v) is 6.32. The van der Waals surface area contributed by atoms with Gasteiger partial charge in [-0.3, -0.25) is 5.32 Å². The highest BCUT2D eigenvalue weighted by Crippen LogP contribution is 2.24. The Labute approximate surface area is 118 Å². The lowest BCUT2D eigenvalue weighted by Crippen LogP contribution is -2.39. The SMILES string of the molecule is CNC(C#N)(CCn1ccnc1C#N)c1ccccc1. The molecule has 0 aliphatic carbocycles. The number of hydrogen-bond acceptors (Lipinski definition) is 4. The Balaban J connectivity index is 2.24. The van der Waals surface area contributed by atoms with Gasteiger partial charge in [0.05, 0.1) is 6.07 Å². The summed E-state index contributed by atoms with van der Waals surface area (Å²) in [6, 6.07) is 14.0. The number of nitrogens with zero attached hydrogens (tertiary/aromatic N) is 4. The van der Waals surface area contributed by atoms with Crippen molar-refractivity contribution in [3.05, 3.63) is 54.1 Å². The average molecular weight is 265 g/mol. The maximum Gasteiger partial charge on any atom is 0.212 e. The number of nitriles is 2. The van der Waals surface area contributed by atoms with Gasteiger partial charge in [0.25, 0.3) is 0 Å². The molecule has 0 radical (unpaired) electrons. The summed E-state index contributed by atoms with van der Waals surface area (Å²) in [5.41, 5.74) is 0.154. The third-order valence-corrected chi connectivity index (χ3v) is 3.43. The fourth-order valence-electron chi connectivity index (χ4n) is 2.20. The van der Waals surface area contributed by atoms with E-state index in [2.05, 4.69) is 16.4 Å². The second-order valence-corrected chi connectivity index (χ2v) is 4.44. The number of aryl methyl sites for hydroxylation is 1. The van der Waals surface area contributed by atoms with Gasteiger partial charge >= 0.3 is 0 Å². The van der Waals surface area contributed by atoms with Crippen LogP contribution in [0.3, 0.4) is 0 Å². The molecule has 0 spiro atoms. The lowest BCUT2D eigenvalue weighted by atomic mass is 9.88. The lowest BCUT2D eigenvalue weighted by Gasteiger charge is -2.27. The van der Waals surface area contributed by atoms with Crippen LogP contribution in [-0.4, -0.2) is 16.6 Å². The van der Waals surface area contributed by atoms with E-state index in [4.69, 9.17) is 5.26 Å². The van der Waals surface area contributed by atoms with Crippen molar-refractivity contribution in [2.75, 3.05) is 7.05 Å². The molecule has 5 nitrogen and oxygen atoms in total. The minimum atomic E-state index is -0.766. The number of benzene rings is 1. The van der Waals surface area contributed by atoms with Crippen LogP contribution in [-0.2, 0) is 12.1 Å². The van der Waals surface area contributed by atoms with E-state index >= 15 is 0 Å². The van der Waals surface area contributed by atoms with Crippen molar-refractivity contribution in [1.82, 2.24) is 14.9 Å². The van der Waals surface area contributed by atoms with Crippen LogP contribution in [0.2, 0.25) is 0 Å². The van der Waals surface area contributed by atoms with Gasteiger partial charge in [0.2, 0.25) is 5.82 Å². The van der Waals surface area contributed by atoms with Crippen molar-refractivity contribution >= 4 is 0 Å². The maximum atomic E-state index is 9.58. The average Bonchev–Trinajstić information content (AvgIpc) is 2.97. The summed E-state index contributed by atoms with van der Waals surface area (Å²) in [5, 5.41) is 21.6. The predicted octanol–water partition coefficient (Wildman–Crippen LogP) is 1.78. The Morgan fingerprint density at radius 1 is 1.30 bits per heavy atom. The predicted molar refractivity (Wildman–Crippen MR) is 74.4 cm³/mol. The number of aromatic nitrogens is 2. The number of rotatable bonds is 5. The quantitative estimate of drug-likeness (QED) is 0.894. The first-order valence-electron chi connectivity index (χ1n) is 6.32. The monoisotopic (exact) mass is 265 g/mol. The molecule has 20 heavy (non-hydrogen) atoms. The summed E-state index contributed by atoms with van der Waals surface area (Å²) in [6.45, 7) is 0.548. The summed E-state index contributed by atoms with van der Waals surface area (Å²) in [5.74, 6) is 0.362. The lowest BCUT2D eigenvalue weighted by molar-refractivity contribution is 0.401. The maximum absolute atomic E-state index is 9.58. The number of nitrogens with one attached hydrogen (secondary N) is 1. The summed E-state index contributed by atoms with van der Waals surface area (Å²) >= 11 is 0. The largest absolute Gasteiger partial charge is 0.323 e. The smallest absolute Gasteiger partial charge is 0.212 e. The molecule has 0 aliphatic heterocycles. The highest BCUT2D eigenvalue weighted by molar-refractivity contribution is 5.31. The normalized spacial score (nSPS) is 13.2. The number of imidazole rings is 1. The fourth-order valence-corrected chi connectivity index (χ4v) is 2.20. The van der Waals surface area contributed by atoms with Crippen LogP contribution in [0.1, 0.15) is 17.8 Å². The molecule has 0 saturated heterocycles. The van der Waals surface area contributed by atoms with E-state index in [1.165, 1.54) is 0 Å². The summed E-state index contributed by atoms with van der Waals surface area (Å²) in [6.07, 6.45) is 3.89. The van der Waals surface area contributed by atoms with E-state index in [1.54, 1.807) is 24.0 Å². The molecule has 1 heterocycles. The summed E-state index contributed by atoms with van der Waals surface area (Å²) in [7, 11) is 1.77. The Morgan fingerprint density at radius 3 is 2.65 bits per heavy atom. The second-order valence-electron chi connectivity index (χ2n) is 4.44. The zero-order valence-electron chi connectivity index (χ0n) is 11.2. The molecule has 0 saturated carbocycles. The minimum absolute atomic E-state index is 0.362. The molecule has 0 aliphatic rings. The minimum Gasteiger partial charge on any atom is -0.323 e. The topological polar surface area (TPSA) is 77.4 Å². The molecule has 1 aromatic carbocycles. The molecule has 0 fully saturated rings. The molecule has 1 atom stereocenters. The van der Waals surface area contributed by atoms with Crippen molar-refractivity contribution < 1.29 is 0 Å². The Bertz CT molecular complexity index is 647. The van der Waals surface area contributed by atoms with Crippen molar-refractivity contribution in [2.24, 2.45) is 0 Å². The third kappa shape index (κ3) is 2.54. The van der Waals surface area contributed by atoms with Gasteiger partial charge < -0.3 is 4.57 Å². The highest BCUT2D eigenvalue weighted by atomic mass is 15.1.